The average Bonchev–Trinajstić information content (AvgIpc) is 2.48. The number of nitrogens with zero attached hydrogens (tertiary/aromatic N) is 1. The minimum absolute atomic E-state index is 0.359. The van der Waals surface area contributed by atoms with Gasteiger partial charge in [0, 0.05) is 13.1 Å². The normalized spacial score (nSPS) is 22.8. The topological polar surface area (TPSA) is 54.5 Å². The quantitative estimate of drug-likeness (QED) is 0.646. The van der Waals surface area contributed by atoms with Crippen LogP contribution in [-0.4, -0.2) is 40.1 Å². The lowest BCUT2D eigenvalue weighted by molar-refractivity contribution is -0.130. The van der Waals surface area contributed by atoms with Gasteiger partial charge in [-0.1, -0.05) is 19.3 Å². The maximum atomic E-state index is 12.8. The van der Waals surface area contributed by atoms with E-state index in [0.29, 0.717) is 25.9 Å². The van der Waals surface area contributed by atoms with Gasteiger partial charge in [0.05, 0.1) is 5.25 Å². The first kappa shape index (κ1) is 16.7. The van der Waals surface area contributed by atoms with Crippen LogP contribution in [0.2, 0.25) is 0 Å². The van der Waals surface area contributed by atoms with Crippen molar-refractivity contribution in [2.24, 2.45) is 0 Å². The lowest BCUT2D eigenvalue weighted by Gasteiger charge is -2.34. The number of rotatable bonds is 3. The van der Waals surface area contributed by atoms with Crippen LogP contribution in [0.4, 0.5) is 0 Å². The van der Waals surface area contributed by atoms with E-state index >= 15 is 0 Å². The first-order chi connectivity index (χ1) is 9.37. The third-order valence-corrected chi connectivity index (χ3v) is 9.86. The molecule has 2 rings (SSSR count). The van der Waals surface area contributed by atoms with Crippen molar-refractivity contribution in [3.8, 4) is 0 Å². The number of hydrogen-bond donors (Lipinski definition) is 0. The van der Waals surface area contributed by atoms with E-state index in [-0.39, 0.29) is 5.91 Å². The smallest absolute Gasteiger partial charge is 0.266 e. The van der Waals surface area contributed by atoms with Gasteiger partial charge in [0.1, 0.15) is 0 Å². The third kappa shape index (κ3) is 3.24. The molecule has 116 valence electrons. The zero-order valence-corrected chi connectivity index (χ0v) is 15.5. The molecule has 7 heteroatoms. The molecule has 1 aliphatic carbocycles. The summed E-state index contributed by atoms with van der Waals surface area (Å²) < 4.78 is 23.9. The zero-order valence-electron chi connectivity index (χ0n) is 11.5. The molecule has 1 heterocycles. The molecular formula is C13H21Br2NO3S. The van der Waals surface area contributed by atoms with Crippen LogP contribution in [0, 0.1) is 0 Å². The van der Waals surface area contributed by atoms with Crippen molar-refractivity contribution in [3.63, 3.8) is 0 Å². The van der Waals surface area contributed by atoms with E-state index in [4.69, 9.17) is 0 Å². The Kier molecular flexibility index (Phi) is 5.57. The maximum Gasteiger partial charge on any atom is 0.266 e. The summed E-state index contributed by atoms with van der Waals surface area (Å²) in [7, 11) is -3.57. The molecule has 1 aliphatic heterocycles. The molecule has 0 N–H and O–H groups in total. The maximum absolute atomic E-state index is 12.8. The number of halogens is 2. The second kappa shape index (κ2) is 6.65. The SMILES string of the molecule is O=C(N1CCCCC1)C(Br)(Br)S(=O)(=O)C1CCCCC1. The second-order valence-corrected chi connectivity index (χ2v) is 12.5. The lowest BCUT2D eigenvalue weighted by atomic mass is 10.0. The number of hydrogen-bond acceptors (Lipinski definition) is 3. The van der Waals surface area contributed by atoms with Crippen LogP contribution in [0.25, 0.3) is 0 Å². The van der Waals surface area contributed by atoms with E-state index in [9.17, 15) is 13.2 Å². The number of amides is 1. The average molecular weight is 431 g/mol. The minimum atomic E-state index is -3.57. The highest BCUT2D eigenvalue weighted by Crippen LogP contribution is 2.41. The monoisotopic (exact) mass is 429 g/mol. The largest absolute Gasteiger partial charge is 0.340 e. The number of carbonyl (C=O) groups is 1. The second-order valence-electron chi connectivity index (χ2n) is 5.67. The van der Waals surface area contributed by atoms with Gasteiger partial charge in [-0.2, -0.15) is 0 Å². The number of carbonyl (C=O) groups excluding carboxylic acids is 1. The van der Waals surface area contributed by atoms with Crippen LogP contribution in [0.5, 0.6) is 0 Å². The van der Waals surface area contributed by atoms with Crippen molar-refractivity contribution in [2.45, 2.75) is 59.2 Å². The van der Waals surface area contributed by atoms with Crippen LogP contribution in [-0.2, 0) is 14.6 Å². The summed E-state index contributed by atoms with van der Waals surface area (Å²) in [5, 5.41) is -0.413. The van der Waals surface area contributed by atoms with Gasteiger partial charge < -0.3 is 4.90 Å². The number of piperidine rings is 1. The molecule has 0 radical (unpaired) electrons. The van der Waals surface area contributed by atoms with Crippen molar-refractivity contribution in [3.05, 3.63) is 0 Å². The van der Waals surface area contributed by atoms with Crippen LogP contribution in [0.1, 0.15) is 51.4 Å². The first-order valence-electron chi connectivity index (χ1n) is 7.28. The molecule has 4 nitrogen and oxygen atoms in total. The highest BCUT2D eigenvalue weighted by Gasteiger charge is 2.51. The van der Waals surface area contributed by atoms with Gasteiger partial charge in [-0.15, -0.1) is 0 Å². The van der Waals surface area contributed by atoms with Gasteiger partial charge in [0.25, 0.3) is 8.47 Å². The van der Waals surface area contributed by atoms with Crippen molar-refractivity contribution >= 4 is 47.6 Å². The standard InChI is InChI=1S/C13H21Br2NO3S/c14-13(15,12(17)16-9-5-2-6-10-16)20(18,19)11-7-3-1-4-8-11/h11H,1-10H2. The molecule has 0 aromatic carbocycles. The Hall–Kier alpha value is 0.380. The molecule has 0 spiro atoms. The van der Waals surface area contributed by atoms with Crippen LogP contribution >= 0.6 is 31.9 Å². The first-order valence-corrected chi connectivity index (χ1v) is 10.4. The van der Waals surface area contributed by atoms with Gasteiger partial charge in [-0.05, 0) is 64.0 Å². The molecule has 2 fully saturated rings. The molecular weight excluding hydrogens is 410 g/mol. The molecule has 0 aromatic heterocycles. The Morgan fingerprint density at radius 3 is 2.00 bits per heavy atom. The Bertz CT molecular complexity index is 452. The molecule has 0 unspecified atom stereocenters. The van der Waals surface area contributed by atoms with Gasteiger partial charge in [0.2, 0.25) is 0 Å². The van der Waals surface area contributed by atoms with E-state index in [1.165, 1.54) is 0 Å². The number of alkyl halides is 2. The Morgan fingerprint density at radius 2 is 1.45 bits per heavy atom. The van der Waals surface area contributed by atoms with Gasteiger partial charge >= 0.3 is 0 Å². The fraction of sp³-hybridized carbons (Fsp3) is 0.923. The van der Waals surface area contributed by atoms with E-state index in [0.717, 1.165) is 38.5 Å². The fourth-order valence-corrected chi connectivity index (χ4v) is 6.82. The van der Waals surface area contributed by atoms with Crippen LogP contribution < -0.4 is 0 Å². The fourth-order valence-electron chi connectivity index (χ4n) is 2.99. The van der Waals surface area contributed by atoms with Crippen LogP contribution in [0.15, 0.2) is 0 Å². The minimum Gasteiger partial charge on any atom is -0.340 e. The number of likely N-dealkylation sites (tertiary alicyclic amines) is 1. The summed E-state index contributed by atoms with van der Waals surface area (Å²) in [6.45, 7) is 1.30. The third-order valence-electron chi connectivity index (χ3n) is 4.24. The van der Waals surface area contributed by atoms with E-state index in [1.54, 1.807) is 4.90 Å². The van der Waals surface area contributed by atoms with E-state index in [2.05, 4.69) is 31.9 Å². The summed E-state index contributed by atoms with van der Waals surface area (Å²) in [6.07, 6.45) is 7.27. The summed E-state index contributed by atoms with van der Waals surface area (Å²) >= 11 is 6.36. The van der Waals surface area contributed by atoms with E-state index < -0.39 is 17.7 Å². The number of sulfone groups is 1. The summed E-state index contributed by atoms with van der Waals surface area (Å²) in [5.41, 5.74) is 0. The molecule has 0 aromatic rings. The molecule has 1 saturated heterocycles. The lowest BCUT2D eigenvalue weighted by Crippen LogP contribution is -2.50. The van der Waals surface area contributed by atoms with Gasteiger partial charge in [0.15, 0.2) is 9.84 Å². The van der Waals surface area contributed by atoms with Crippen molar-refractivity contribution in [1.29, 1.82) is 0 Å². The molecule has 1 saturated carbocycles. The van der Waals surface area contributed by atoms with Crippen molar-refractivity contribution < 1.29 is 13.2 Å². The molecule has 1 amide bonds. The molecule has 20 heavy (non-hydrogen) atoms. The Morgan fingerprint density at radius 1 is 0.950 bits per heavy atom. The summed E-state index contributed by atoms with van der Waals surface area (Å²) in [4.78, 5) is 14.2. The van der Waals surface area contributed by atoms with Gasteiger partial charge in [-0.3, -0.25) is 4.79 Å². The highest BCUT2D eigenvalue weighted by atomic mass is 79.9. The van der Waals surface area contributed by atoms with E-state index in [1.807, 2.05) is 0 Å². The van der Waals surface area contributed by atoms with Crippen molar-refractivity contribution in [1.82, 2.24) is 4.90 Å². The summed E-state index contributed by atoms with van der Waals surface area (Å²) in [6, 6.07) is 0. The predicted molar refractivity (Wildman–Crippen MR) is 86.8 cm³/mol. The highest BCUT2D eigenvalue weighted by molar-refractivity contribution is 9.28. The van der Waals surface area contributed by atoms with Crippen LogP contribution in [0.3, 0.4) is 0 Å². The predicted octanol–water partition coefficient (Wildman–Crippen LogP) is 3.19. The van der Waals surface area contributed by atoms with Crippen molar-refractivity contribution in [2.75, 3.05) is 13.1 Å². The molecule has 0 atom stereocenters. The Balaban J connectivity index is 2.16. The molecule has 0 bridgehead atoms. The Labute approximate surface area is 137 Å². The van der Waals surface area contributed by atoms with Gasteiger partial charge in [-0.25, -0.2) is 8.42 Å². The zero-order chi connectivity index (χ0) is 14.8. The summed E-state index contributed by atoms with van der Waals surface area (Å²) in [5.74, 6) is -0.359. The molecule has 2 aliphatic rings.